The minimum absolute atomic E-state index is 0.206. The number of hydrogen-bond acceptors (Lipinski definition) is 5. The predicted molar refractivity (Wildman–Crippen MR) is 40.0 cm³/mol. The summed E-state index contributed by atoms with van der Waals surface area (Å²) in [4.78, 5) is 14.7. The quantitative estimate of drug-likeness (QED) is 0.697. The molecule has 0 aliphatic carbocycles. The first kappa shape index (κ1) is 7.63. The molecular formula is C6H6N2O3S. The average Bonchev–Trinajstić information content (AvgIpc) is 2.35. The van der Waals surface area contributed by atoms with Crippen molar-refractivity contribution in [3.05, 3.63) is 11.3 Å². The second kappa shape index (κ2) is 2.49. The molecule has 0 spiro atoms. The number of ether oxygens (including phenoxy) is 1. The second-order valence-electron chi connectivity index (χ2n) is 2.63. The lowest BCUT2D eigenvalue weighted by atomic mass is 9.87. The van der Waals surface area contributed by atoms with Crippen molar-refractivity contribution in [3.8, 4) is 0 Å². The molecule has 1 N–H and O–H groups in total. The molecule has 1 aliphatic rings. The van der Waals surface area contributed by atoms with Crippen molar-refractivity contribution in [1.29, 1.82) is 0 Å². The SMILES string of the molecule is O=C(O)C1(c2ncns2)COC1. The van der Waals surface area contributed by atoms with Crippen LogP contribution in [0.25, 0.3) is 0 Å². The highest BCUT2D eigenvalue weighted by Crippen LogP contribution is 2.32. The summed E-state index contributed by atoms with van der Waals surface area (Å²) >= 11 is 1.11. The van der Waals surface area contributed by atoms with Gasteiger partial charge < -0.3 is 9.84 Å². The van der Waals surface area contributed by atoms with Gasteiger partial charge in [-0.15, -0.1) is 0 Å². The maximum Gasteiger partial charge on any atom is 0.321 e. The number of nitrogens with zero attached hydrogens (tertiary/aromatic N) is 2. The van der Waals surface area contributed by atoms with E-state index >= 15 is 0 Å². The minimum atomic E-state index is -0.916. The van der Waals surface area contributed by atoms with Crippen LogP contribution >= 0.6 is 11.5 Å². The molecule has 2 rings (SSSR count). The van der Waals surface area contributed by atoms with E-state index in [1.54, 1.807) is 0 Å². The highest BCUT2D eigenvalue weighted by atomic mass is 32.1. The van der Waals surface area contributed by atoms with Gasteiger partial charge in [0.1, 0.15) is 11.3 Å². The standard InChI is InChI=1S/C6H6N2O3S/c9-5(10)6(1-11-2-6)4-7-3-8-12-4/h3H,1-2H2,(H,9,10). The number of aromatic nitrogens is 2. The molecular weight excluding hydrogens is 180 g/mol. The van der Waals surface area contributed by atoms with Crippen LogP contribution in [0.1, 0.15) is 5.01 Å². The third-order valence-corrected chi connectivity index (χ3v) is 2.75. The van der Waals surface area contributed by atoms with Crippen molar-refractivity contribution in [2.45, 2.75) is 5.41 Å². The summed E-state index contributed by atoms with van der Waals surface area (Å²) in [5.41, 5.74) is -0.916. The van der Waals surface area contributed by atoms with Gasteiger partial charge in [0.25, 0.3) is 0 Å². The van der Waals surface area contributed by atoms with Crippen LogP contribution in [0.2, 0.25) is 0 Å². The second-order valence-corrected chi connectivity index (χ2v) is 3.41. The topological polar surface area (TPSA) is 72.3 Å². The highest BCUT2D eigenvalue weighted by molar-refractivity contribution is 7.05. The molecule has 0 radical (unpaired) electrons. The molecule has 0 bridgehead atoms. The normalized spacial score (nSPS) is 20.0. The number of aliphatic carboxylic acids is 1. The lowest BCUT2D eigenvalue weighted by Gasteiger charge is -2.34. The van der Waals surface area contributed by atoms with E-state index in [9.17, 15) is 4.79 Å². The van der Waals surface area contributed by atoms with Gasteiger partial charge in [-0.05, 0) is 11.5 Å². The van der Waals surface area contributed by atoms with Crippen LogP contribution in [0, 0.1) is 0 Å². The lowest BCUT2D eigenvalue weighted by Crippen LogP contribution is -2.52. The van der Waals surface area contributed by atoms with Crippen LogP contribution in [0.15, 0.2) is 6.33 Å². The summed E-state index contributed by atoms with van der Waals surface area (Å²) in [5, 5.41) is 9.44. The van der Waals surface area contributed by atoms with Gasteiger partial charge in [0.05, 0.1) is 13.2 Å². The van der Waals surface area contributed by atoms with E-state index < -0.39 is 11.4 Å². The van der Waals surface area contributed by atoms with E-state index in [0.717, 1.165) is 11.5 Å². The molecule has 0 aromatic carbocycles. The summed E-state index contributed by atoms with van der Waals surface area (Å²) in [6, 6.07) is 0. The maximum atomic E-state index is 10.9. The van der Waals surface area contributed by atoms with Crippen LogP contribution < -0.4 is 0 Å². The summed E-state index contributed by atoms with van der Waals surface area (Å²) in [6.07, 6.45) is 1.36. The van der Waals surface area contributed by atoms with Crippen molar-refractivity contribution < 1.29 is 14.6 Å². The van der Waals surface area contributed by atoms with Gasteiger partial charge >= 0.3 is 5.97 Å². The van der Waals surface area contributed by atoms with E-state index in [4.69, 9.17) is 9.84 Å². The fraction of sp³-hybridized carbons (Fsp3) is 0.500. The van der Waals surface area contributed by atoms with Crippen molar-refractivity contribution in [3.63, 3.8) is 0 Å². The Morgan fingerprint density at radius 1 is 1.75 bits per heavy atom. The zero-order valence-corrected chi connectivity index (χ0v) is 6.87. The first-order chi connectivity index (χ1) is 5.76. The number of carbonyl (C=O) groups is 1. The van der Waals surface area contributed by atoms with Crippen LogP contribution in [-0.4, -0.2) is 33.6 Å². The first-order valence-electron chi connectivity index (χ1n) is 3.34. The molecule has 2 heterocycles. The largest absolute Gasteiger partial charge is 0.480 e. The Morgan fingerprint density at radius 2 is 2.50 bits per heavy atom. The molecule has 6 heteroatoms. The van der Waals surface area contributed by atoms with E-state index in [2.05, 4.69) is 9.36 Å². The van der Waals surface area contributed by atoms with E-state index in [0.29, 0.717) is 5.01 Å². The van der Waals surface area contributed by atoms with Gasteiger partial charge in [0, 0.05) is 0 Å². The van der Waals surface area contributed by atoms with Gasteiger partial charge in [-0.3, -0.25) is 4.79 Å². The van der Waals surface area contributed by atoms with Crippen LogP contribution in [0.3, 0.4) is 0 Å². The smallest absolute Gasteiger partial charge is 0.321 e. The van der Waals surface area contributed by atoms with E-state index in [-0.39, 0.29) is 13.2 Å². The Morgan fingerprint density at radius 3 is 2.83 bits per heavy atom. The monoisotopic (exact) mass is 186 g/mol. The molecule has 0 amide bonds. The van der Waals surface area contributed by atoms with Gasteiger partial charge in [0.15, 0.2) is 5.41 Å². The van der Waals surface area contributed by atoms with Crippen molar-refractivity contribution >= 4 is 17.5 Å². The minimum Gasteiger partial charge on any atom is -0.480 e. The summed E-state index contributed by atoms with van der Waals surface area (Å²) in [5.74, 6) is -0.884. The first-order valence-corrected chi connectivity index (χ1v) is 4.11. The molecule has 0 atom stereocenters. The Hall–Kier alpha value is -1.01. The predicted octanol–water partition coefficient (Wildman–Crippen LogP) is -0.109. The molecule has 1 aromatic rings. The molecule has 1 aliphatic heterocycles. The Kier molecular flexibility index (Phi) is 1.59. The number of carboxylic acids is 1. The molecule has 0 unspecified atom stereocenters. The zero-order chi connectivity index (χ0) is 8.60. The molecule has 12 heavy (non-hydrogen) atoms. The van der Waals surface area contributed by atoms with Gasteiger partial charge in [-0.1, -0.05) is 0 Å². The summed E-state index contributed by atoms with van der Waals surface area (Å²) in [7, 11) is 0. The average molecular weight is 186 g/mol. The molecule has 1 saturated heterocycles. The molecule has 0 saturated carbocycles. The number of carboxylic acid groups (broad SMARTS) is 1. The van der Waals surface area contributed by atoms with Crippen LogP contribution in [0.5, 0.6) is 0 Å². The van der Waals surface area contributed by atoms with Crippen molar-refractivity contribution in [2.24, 2.45) is 0 Å². The maximum absolute atomic E-state index is 10.9. The highest BCUT2D eigenvalue weighted by Gasteiger charge is 2.50. The fourth-order valence-corrected chi connectivity index (χ4v) is 1.70. The number of rotatable bonds is 2. The van der Waals surface area contributed by atoms with E-state index in [1.807, 2.05) is 0 Å². The Bertz CT molecular complexity index is 294. The molecule has 1 aromatic heterocycles. The molecule has 64 valence electrons. The van der Waals surface area contributed by atoms with Crippen LogP contribution in [-0.2, 0) is 14.9 Å². The lowest BCUT2D eigenvalue weighted by molar-refractivity contribution is -0.163. The third-order valence-electron chi connectivity index (χ3n) is 1.88. The van der Waals surface area contributed by atoms with Gasteiger partial charge in [0.2, 0.25) is 0 Å². The summed E-state index contributed by atoms with van der Waals surface area (Å²) in [6.45, 7) is 0.412. The van der Waals surface area contributed by atoms with Crippen LogP contribution in [0.4, 0.5) is 0 Å². The Labute approximate surface area is 72.2 Å². The zero-order valence-electron chi connectivity index (χ0n) is 6.06. The number of hydrogen-bond donors (Lipinski definition) is 1. The van der Waals surface area contributed by atoms with E-state index in [1.165, 1.54) is 6.33 Å². The van der Waals surface area contributed by atoms with Crippen molar-refractivity contribution in [1.82, 2.24) is 9.36 Å². The summed E-state index contributed by atoms with van der Waals surface area (Å²) < 4.78 is 8.65. The van der Waals surface area contributed by atoms with Gasteiger partial charge in [-0.2, -0.15) is 4.37 Å². The Balaban J connectivity index is 2.35. The molecule has 1 fully saturated rings. The molecule has 5 nitrogen and oxygen atoms in total. The fourth-order valence-electron chi connectivity index (χ4n) is 1.03. The van der Waals surface area contributed by atoms with Gasteiger partial charge in [-0.25, -0.2) is 4.98 Å². The third kappa shape index (κ3) is 0.850. The van der Waals surface area contributed by atoms with Crippen molar-refractivity contribution in [2.75, 3.05) is 13.2 Å².